The molecular weight excluding hydrogens is 258 g/mol. The SMILES string of the molecule is Nc1cc(Cl)c(OC2CCOCC2)c(C(=O)O)c1. The summed E-state index contributed by atoms with van der Waals surface area (Å²) in [6.45, 7) is 1.22. The normalized spacial score (nSPS) is 16.5. The second-order valence-electron chi connectivity index (χ2n) is 4.11. The summed E-state index contributed by atoms with van der Waals surface area (Å²) in [5.41, 5.74) is 5.87. The van der Waals surface area contributed by atoms with Crippen molar-refractivity contribution < 1.29 is 19.4 Å². The van der Waals surface area contributed by atoms with Gasteiger partial charge in [-0.25, -0.2) is 4.79 Å². The van der Waals surface area contributed by atoms with Crippen molar-refractivity contribution in [3.05, 3.63) is 22.7 Å². The highest BCUT2D eigenvalue weighted by atomic mass is 35.5. The molecule has 1 aromatic carbocycles. The number of carboxylic acid groups (broad SMARTS) is 1. The molecule has 1 fully saturated rings. The molecule has 0 radical (unpaired) electrons. The summed E-state index contributed by atoms with van der Waals surface area (Å²) < 4.78 is 10.9. The quantitative estimate of drug-likeness (QED) is 0.824. The first-order valence-electron chi connectivity index (χ1n) is 5.64. The standard InChI is InChI=1S/C12H14ClNO4/c13-10-6-7(14)5-9(12(15)16)11(10)18-8-1-3-17-4-2-8/h5-6,8H,1-4,14H2,(H,15,16). The van der Waals surface area contributed by atoms with E-state index in [0.29, 0.717) is 18.9 Å². The van der Waals surface area contributed by atoms with E-state index in [9.17, 15) is 4.79 Å². The van der Waals surface area contributed by atoms with E-state index in [4.69, 9.17) is 31.9 Å². The van der Waals surface area contributed by atoms with E-state index in [-0.39, 0.29) is 22.4 Å². The van der Waals surface area contributed by atoms with Crippen molar-refractivity contribution >= 4 is 23.3 Å². The van der Waals surface area contributed by atoms with Gasteiger partial charge < -0.3 is 20.3 Å². The molecule has 0 amide bonds. The van der Waals surface area contributed by atoms with Crippen LogP contribution in [0.5, 0.6) is 5.75 Å². The van der Waals surface area contributed by atoms with Crippen molar-refractivity contribution in [2.45, 2.75) is 18.9 Å². The molecule has 5 nitrogen and oxygen atoms in total. The third-order valence-corrected chi connectivity index (χ3v) is 3.03. The predicted octanol–water partition coefficient (Wildman–Crippen LogP) is 2.18. The minimum absolute atomic E-state index is 0.00788. The fraction of sp³-hybridized carbons (Fsp3) is 0.417. The van der Waals surface area contributed by atoms with Crippen LogP contribution in [-0.4, -0.2) is 30.4 Å². The summed E-state index contributed by atoms with van der Waals surface area (Å²) in [5.74, 6) is -0.920. The monoisotopic (exact) mass is 271 g/mol. The molecule has 0 spiro atoms. The Morgan fingerprint density at radius 3 is 2.72 bits per heavy atom. The number of anilines is 1. The number of carboxylic acids is 1. The van der Waals surface area contributed by atoms with Crippen LogP contribution in [0.25, 0.3) is 0 Å². The second-order valence-corrected chi connectivity index (χ2v) is 4.52. The molecule has 0 saturated carbocycles. The van der Waals surface area contributed by atoms with Gasteiger partial charge in [-0.1, -0.05) is 11.6 Å². The van der Waals surface area contributed by atoms with Crippen molar-refractivity contribution in [3.8, 4) is 5.75 Å². The lowest BCUT2D eigenvalue weighted by Gasteiger charge is -2.24. The molecule has 0 aliphatic carbocycles. The highest BCUT2D eigenvalue weighted by Crippen LogP contribution is 2.33. The molecule has 0 bridgehead atoms. The smallest absolute Gasteiger partial charge is 0.339 e. The molecule has 1 aliphatic heterocycles. The molecule has 0 aromatic heterocycles. The van der Waals surface area contributed by atoms with Crippen LogP contribution in [0.15, 0.2) is 12.1 Å². The van der Waals surface area contributed by atoms with Crippen LogP contribution < -0.4 is 10.5 Å². The number of carbonyl (C=O) groups is 1. The second kappa shape index (κ2) is 5.46. The first-order chi connectivity index (χ1) is 8.58. The molecule has 18 heavy (non-hydrogen) atoms. The topological polar surface area (TPSA) is 81.8 Å². The van der Waals surface area contributed by atoms with E-state index >= 15 is 0 Å². The molecule has 1 aliphatic rings. The zero-order chi connectivity index (χ0) is 13.1. The van der Waals surface area contributed by atoms with Crippen molar-refractivity contribution in [2.75, 3.05) is 18.9 Å². The first kappa shape index (κ1) is 13.0. The largest absolute Gasteiger partial charge is 0.488 e. The Labute approximate surface area is 109 Å². The van der Waals surface area contributed by atoms with E-state index in [1.807, 2.05) is 0 Å². The number of halogens is 1. The van der Waals surface area contributed by atoms with Crippen molar-refractivity contribution in [2.24, 2.45) is 0 Å². The Bertz CT molecular complexity index is 458. The van der Waals surface area contributed by atoms with Gasteiger partial charge in [-0.2, -0.15) is 0 Å². The zero-order valence-corrected chi connectivity index (χ0v) is 10.4. The van der Waals surface area contributed by atoms with Crippen molar-refractivity contribution in [3.63, 3.8) is 0 Å². The van der Waals surface area contributed by atoms with Gasteiger partial charge in [0.25, 0.3) is 0 Å². The molecule has 0 unspecified atom stereocenters. The Hall–Kier alpha value is -1.46. The fourth-order valence-corrected chi connectivity index (χ4v) is 2.13. The zero-order valence-electron chi connectivity index (χ0n) is 9.69. The minimum Gasteiger partial charge on any atom is -0.488 e. The lowest BCUT2D eigenvalue weighted by atomic mass is 10.1. The van der Waals surface area contributed by atoms with Crippen molar-refractivity contribution in [1.82, 2.24) is 0 Å². The van der Waals surface area contributed by atoms with Crippen LogP contribution in [-0.2, 0) is 4.74 Å². The van der Waals surface area contributed by atoms with Gasteiger partial charge in [0.15, 0.2) is 5.75 Å². The molecule has 3 N–H and O–H groups in total. The summed E-state index contributed by atoms with van der Waals surface area (Å²) in [6.07, 6.45) is 1.37. The van der Waals surface area contributed by atoms with Gasteiger partial charge in [-0.05, 0) is 12.1 Å². The Kier molecular flexibility index (Phi) is 3.93. The van der Waals surface area contributed by atoms with Crippen LogP contribution in [0.1, 0.15) is 23.2 Å². The number of hydrogen-bond acceptors (Lipinski definition) is 4. The van der Waals surface area contributed by atoms with Crippen LogP contribution in [0.3, 0.4) is 0 Å². The average Bonchev–Trinajstić information content (AvgIpc) is 2.33. The predicted molar refractivity (Wildman–Crippen MR) is 67.3 cm³/mol. The number of aromatic carboxylic acids is 1. The van der Waals surface area contributed by atoms with E-state index in [0.717, 1.165) is 12.8 Å². The average molecular weight is 272 g/mol. The van der Waals surface area contributed by atoms with E-state index in [1.165, 1.54) is 12.1 Å². The van der Waals surface area contributed by atoms with Gasteiger partial charge in [0.05, 0.1) is 18.2 Å². The van der Waals surface area contributed by atoms with Crippen LogP contribution in [0.4, 0.5) is 5.69 Å². The third-order valence-electron chi connectivity index (χ3n) is 2.75. The summed E-state index contributed by atoms with van der Waals surface area (Å²) in [5, 5.41) is 9.35. The minimum atomic E-state index is -1.11. The van der Waals surface area contributed by atoms with Gasteiger partial charge >= 0.3 is 5.97 Å². The third kappa shape index (κ3) is 2.86. The van der Waals surface area contributed by atoms with Crippen LogP contribution in [0.2, 0.25) is 5.02 Å². The maximum Gasteiger partial charge on any atom is 0.339 e. The molecule has 98 valence electrons. The number of ether oxygens (including phenoxy) is 2. The maximum absolute atomic E-state index is 11.1. The van der Waals surface area contributed by atoms with Gasteiger partial charge in [0.1, 0.15) is 11.7 Å². The summed E-state index contributed by atoms with van der Waals surface area (Å²) >= 11 is 6.00. The molecular formula is C12H14ClNO4. The molecule has 1 saturated heterocycles. The highest BCUT2D eigenvalue weighted by molar-refractivity contribution is 6.33. The number of rotatable bonds is 3. The molecule has 6 heteroatoms. The fourth-order valence-electron chi connectivity index (χ4n) is 1.85. The van der Waals surface area contributed by atoms with E-state index in [2.05, 4.69) is 0 Å². The van der Waals surface area contributed by atoms with E-state index in [1.54, 1.807) is 0 Å². The molecule has 2 rings (SSSR count). The summed E-state index contributed by atoms with van der Waals surface area (Å²) in [4.78, 5) is 11.1. The number of nitrogen functional groups attached to an aromatic ring is 1. The Balaban J connectivity index is 2.27. The molecule has 0 atom stereocenters. The van der Waals surface area contributed by atoms with Gasteiger partial charge in [0, 0.05) is 18.5 Å². The number of nitrogens with two attached hydrogens (primary N) is 1. The first-order valence-corrected chi connectivity index (χ1v) is 6.02. The Morgan fingerprint density at radius 2 is 2.11 bits per heavy atom. The van der Waals surface area contributed by atoms with Gasteiger partial charge in [0.2, 0.25) is 0 Å². The van der Waals surface area contributed by atoms with Crippen molar-refractivity contribution in [1.29, 1.82) is 0 Å². The number of hydrogen-bond donors (Lipinski definition) is 2. The maximum atomic E-state index is 11.1. The van der Waals surface area contributed by atoms with Gasteiger partial charge in [-0.3, -0.25) is 0 Å². The lowest BCUT2D eigenvalue weighted by molar-refractivity contribution is 0.0249. The van der Waals surface area contributed by atoms with Gasteiger partial charge in [-0.15, -0.1) is 0 Å². The summed E-state index contributed by atoms with van der Waals surface area (Å²) in [7, 11) is 0. The molecule has 1 aromatic rings. The lowest BCUT2D eigenvalue weighted by Crippen LogP contribution is -2.26. The summed E-state index contributed by atoms with van der Waals surface area (Å²) in [6, 6.07) is 2.84. The van der Waals surface area contributed by atoms with Crippen LogP contribution in [0, 0.1) is 0 Å². The number of benzene rings is 1. The van der Waals surface area contributed by atoms with E-state index < -0.39 is 5.97 Å². The highest BCUT2D eigenvalue weighted by Gasteiger charge is 2.21. The molecule has 1 heterocycles. The Morgan fingerprint density at radius 1 is 1.44 bits per heavy atom. The van der Waals surface area contributed by atoms with Crippen LogP contribution >= 0.6 is 11.6 Å².